The van der Waals surface area contributed by atoms with Gasteiger partial charge in [0.2, 0.25) is 5.91 Å². The molecule has 0 aliphatic carbocycles. The molecule has 0 fully saturated rings. The summed E-state index contributed by atoms with van der Waals surface area (Å²) in [6.07, 6.45) is 0. The molecule has 6 heteroatoms. The first-order chi connectivity index (χ1) is 10.1. The molecule has 2 aromatic rings. The maximum Gasteiger partial charge on any atom is 0.234 e. The Morgan fingerprint density at radius 1 is 1.33 bits per heavy atom. The first kappa shape index (κ1) is 15.2. The molecule has 2 rings (SSSR count). The fourth-order valence-corrected chi connectivity index (χ4v) is 2.54. The molecule has 3 N–H and O–H groups in total. The summed E-state index contributed by atoms with van der Waals surface area (Å²) in [5.74, 6) is 0.270. The van der Waals surface area contributed by atoms with Gasteiger partial charge in [0.05, 0.1) is 24.2 Å². The van der Waals surface area contributed by atoms with E-state index >= 15 is 0 Å². The number of thioether (sulfide) groups is 1. The van der Waals surface area contributed by atoms with Crippen LogP contribution < -0.4 is 15.8 Å². The first-order valence-corrected chi connectivity index (χ1v) is 7.19. The third kappa shape index (κ3) is 4.13. The lowest BCUT2D eigenvalue weighted by atomic mass is 10.2. The summed E-state index contributed by atoms with van der Waals surface area (Å²) in [4.78, 5) is 12.8. The lowest BCUT2D eigenvalue weighted by Crippen LogP contribution is -2.15. The molecule has 0 aliphatic rings. The van der Waals surface area contributed by atoms with Crippen LogP contribution in [0.25, 0.3) is 0 Å². The molecule has 21 heavy (non-hydrogen) atoms. The van der Waals surface area contributed by atoms with Crippen LogP contribution in [-0.4, -0.2) is 18.8 Å². The Kier molecular flexibility index (Phi) is 5.05. The molecule has 0 saturated carbocycles. The number of hydrogen-bond donors (Lipinski definition) is 2. The third-order valence-electron chi connectivity index (χ3n) is 2.72. The number of hydrogen-bond acceptors (Lipinski definition) is 4. The fraction of sp³-hybridized carbons (Fsp3) is 0.133. The monoisotopic (exact) mass is 306 g/mol. The van der Waals surface area contributed by atoms with Crippen LogP contribution in [0.2, 0.25) is 0 Å². The summed E-state index contributed by atoms with van der Waals surface area (Å²) in [6, 6.07) is 11.3. The average Bonchev–Trinajstić information content (AvgIpc) is 2.48. The number of carbonyl (C=O) groups is 1. The predicted octanol–water partition coefficient (Wildman–Crippen LogP) is 3.15. The lowest BCUT2D eigenvalue weighted by Gasteiger charge is -2.09. The number of halogens is 1. The number of carbonyl (C=O) groups excluding carboxylic acids is 1. The molecular weight excluding hydrogens is 291 g/mol. The highest BCUT2D eigenvalue weighted by atomic mass is 32.2. The van der Waals surface area contributed by atoms with E-state index in [0.29, 0.717) is 5.69 Å². The van der Waals surface area contributed by atoms with E-state index in [2.05, 4.69) is 5.32 Å². The molecule has 110 valence electrons. The summed E-state index contributed by atoms with van der Waals surface area (Å²) in [5, 5.41) is 2.65. The van der Waals surface area contributed by atoms with Crippen molar-refractivity contribution in [3.05, 3.63) is 48.3 Å². The van der Waals surface area contributed by atoms with Gasteiger partial charge in [-0.05, 0) is 30.3 Å². The summed E-state index contributed by atoms with van der Waals surface area (Å²) in [7, 11) is 1.58. The number of nitrogen functional groups attached to an aromatic ring is 1. The van der Waals surface area contributed by atoms with Gasteiger partial charge in [0.25, 0.3) is 0 Å². The number of rotatable bonds is 5. The number of para-hydroxylation sites is 1. The van der Waals surface area contributed by atoms with Crippen molar-refractivity contribution in [2.45, 2.75) is 4.90 Å². The number of anilines is 2. The summed E-state index contributed by atoms with van der Waals surface area (Å²) in [6.45, 7) is 0. The second-order valence-corrected chi connectivity index (χ2v) is 5.24. The van der Waals surface area contributed by atoms with E-state index in [1.54, 1.807) is 7.11 Å². The summed E-state index contributed by atoms with van der Waals surface area (Å²) >= 11 is 1.36. The minimum absolute atomic E-state index is 0.200. The van der Waals surface area contributed by atoms with E-state index in [9.17, 15) is 9.18 Å². The number of nitrogens with two attached hydrogens (primary N) is 1. The van der Waals surface area contributed by atoms with Crippen molar-refractivity contribution in [3.8, 4) is 5.75 Å². The Hall–Kier alpha value is -2.21. The van der Waals surface area contributed by atoms with Gasteiger partial charge in [0, 0.05) is 4.90 Å². The van der Waals surface area contributed by atoms with Crippen molar-refractivity contribution in [1.29, 1.82) is 0 Å². The molecular formula is C15H15FN2O2S. The molecule has 2 aromatic carbocycles. The minimum Gasteiger partial charge on any atom is -0.496 e. The van der Waals surface area contributed by atoms with Gasteiger partial charge in [-0.15, -0.1) is 11.8 Å². The van der Waals surface area contributed by atoms with Crippen molar-refractivity contribution >= 4 is 29.0 Å². The SMILES string of the molecule is COc1ccccc1SCC(=O)Nc1ccc(F)cc1N. The second-order valence-electron chi connectivity index (χ2n) is 4.22. The standard InChI is InChI=1S/C15H15FN2O2S/c1-20-13-4-2-3-5-14(13)21-9-15(19)18-12-7-6-10(16)8-11(12)17/h2-8H,9,17H2,1H3,(H,18,19). The van der Waals surface area contributed by atoms with Gasteiger partial charge in [0.15, 0.2) is 0 Å². The Labute approximate surface area is 126 Å². The lowest BCUT2D eigenvalue weighted by molar-refractivity contribution is -0.113. The molecule has 0 atom stereocenters. The molecule has 0 radical (unpaired) electrons. The topological polar surface area (TPSA) is 64.3 Å². The highest BCUT2D eigenvalue weighted by Crippen LogP contribution is 2.29. The Bertz CT molecular complexity index is 649. The third-order valence-corrected chi connectivity index (χ3v) is 3.77. The Balaban J connectivity index is 1.96. The molecule has 1 amide bonds. The van der Waals surface area contributed by atoms with E-state index in [0.717, 1.165) is 10.6 Å². The zero-order chi connectivity index (χ0) is 15.2. The van der Waals surface area contributed by atoms with Crippen molar-refractivity contribution in [3.63, 3.8) is 0 Å². The summed E-state index contributed by atoms with van der Waals surface area (Å²) in [5.41, 5.74) is 6.25. The zero-order valence-corrected chi connectivity index (χ0v) is 12.2. The van der Waals surface area contributed by atoms with Crippen LogP contribution in [0.5, 0.6) is 5.75 Å². The van der Waals surface area contributed by atoms with Crippen LogP contribution in [0.15, 0.2) is 47.4 Å². The van der Waals surface area contributed by atoms with Gasteiger partial charge >= 0.3 is 0 Å². The second kappa shape index (κ2) is 6.99. The highest BCUT2D eigenvalue weighted by Gasteiger charge is 2.09. The number of benzene rings is 2. The Morgan fingerprint density at radius 3 is 2.81 bits per heavy atom. The minimum atomic E-state index is -0.436. The normalized spacial score (nSPS) is 10.2. The van der Waals surface area contributed by atoms with E-state index in [4.69, 9.17) is 10.5 Å². The van der Waals surface area contributed by atoms with Gasteiger partial charge in [-0.2, -0.15) is 0 Å². The van der Waals surface area contributed by atoms with Crippen LogP contribution in [-0.2, 0) is 4.79 Å². The van der Waals surface area contributed by atoms with Crippen LogP contribution >= 0.6 is 11.8 Å². The molecule has 0 saturated heterocycles. The molecule has 0 aliphatic heterocycles. The van der Waals surface area contributed by atoms with E-state index in [1.165, 1.54) is 30.0 Å². The molecule has 0 aromatic heterocycles. The van der Waals surface area contributed by atoms with E-state index in [-0.39, 0.29) is 17.3 Å². The average molecular weight is 306 g/mol. The van der Waals surface area contributed by atoms with Gasteiger partial charge in [-0.3, -0.25) is 4.79 Å². The quantitative estimate of drug-likeness (QED) is 0.658. The molecule has 0 heterocycles. The smallest absolute Gasteiger partial charge is 0.234 e. The van der Waals surface area contributed by atoms with Crippen LogP contribution in [0.4, 0.5) is 15.8 Å². The molecule has 4 nitrogen and oxygen atoms in total. The summed E-state index contributed by atoms with van der Waals surface area (Å²) < 4.78 is 18.1. The van der Waals surface area contributed by atoms with E-state index < -0.39 is 5.82 Å². The highest BCUT2D eigenvalue weighted by molar-refractivity contribution is 8.00. The van der Waals surface area contributed by atoms with Crippen LogP contribution in [0.3, 0.4) is 0 Å². The number of methoxy groups -OCH3 is 1. The van der Waals surface area contributed by atoms with Crippen molar-refractivity contribution < 1.29 is 13.9 Å². The Morgan fingerprint density at radius 2 is 2.10 bits per heavy atom. The number of amides is 1. The van der Waals surface area contributed by atoms with Gasteiger partial charge < -0.3 is 15.8 Å². The van der Waals surface area contributed by atoms with Gasteiger partial charge in [-0.1, -0.05) is 12.1 Å². The van der Waals surface area contributed by atoms with Gasteiger partial charge in [-0.25, -0.2) is 4.39 Å². The zero-order valence-electron chi connectivity index (χ0n) is 11.4. The maximum absolute atomic E-state index is 12.9. The van der Waals surface area contributed by atoms with E-state index in [1.807, 2.05) is 24.3 Å². The number of nitrogens with one attached hydrogen (secondary N) is 1. The number of ether oxygens (including phenoxy) is 1. The molecule has 0 unspecified atom stereocenters. The first-order valence-electron chi connectivity index (χ1n) is 6.21. The predicted molar refractivity (Wildman–Crippen MR) is 83.2 cm³/mol. The maximum atomic E-state index is 12.9. The molecule has 0 spiro atoms. The van der Waals surface area contributed by atoms with Crippen molar-refractivity contribution in [1.82, 2.24) is 0 Å². The largest absolute Gasteiger partial charge is 0.496 e. The van der Waals surface area contributed by atoms with Gasteiger partial charge in [0.1, 0.15) is 11.6 Å². The molecule has 0 bridgehead atoms. The van der Waals surface area contributed by atoms with Crippen LogP contribution in [0, 0.1) is 5.82 Å². The van der Waals surface area contributed by atoms with Crippen LogP contribution in [0.1, 0.15) is 0 Å². The van der Waals surface area contributed by atoms with Crippen molar-refractivity contribution in [2.75, 3.05) is 23.9 Å². The van der Waals surface area contributed by atoms with Crippen molar-refractivity contribution in [2.24, 2.45) is 0 Å². The fourth-order valence-electron chi connectivity index (χ4n) is 1.72.